The van der Waals surface area contributed by atoms with E-state index in [1.54, 1.807) is 5.57 Å². The summed E-state index contributed by atoms with van der Waals surface area (Å²) < 4.78 is 0. The fourth-order valence-corrected chi connectivity index (χ4v) is 3.87. The zero-order valence-corrected chi connectivity index (χ0v) is 23.0. The summed E-state index contributed by atoms with van der Waals surface area (Å²) in [5.41, 5.74) is 7.59. The van der Waals surface area contributed by atoms with Gasteiger partial charge in [-0.15, -0.1) is 0 Å². The van der Waals surface area contributed by atoms with E-state index >= 15 is 0 Å². The normalized spacial score (nSPS) is 13.8. The van der Waals surface area contributed by atoms with Crippen molar-refractivity contribution in [1.29, 1.82) is 0 Å². The molecule has 0 saturated carbocycles. The SMILES string of the molecule is CCN(CC)CCCC(C)=CCC/C(C)=C/CCC=C(C)CC/C=C(\C)CCC=C(C)C. The third-order valence-electron chi connectivity index (χ3n) is 6.25. The molecular formula is C31H55N. The number of allylic oxidation sites excluding steroid dienone is 10. The van der Waals surface area contributed by atoms with E-state index in [0.29, 0.717) is 0 Å². The van der Waals surface area contributed by atoms with Gasteiger partial charge >= 0.3 is 0 Å². The van der Waals surface area contributed by atoms with E-state index in [0.717, 1.165) is 0 Å². The first-order valence-corrected chi connectivity index (χ1v) is 13.3. The molecule has 0 aliphatic carbocycles. The van der Waals surface area contributed by atoms with E-state index in [-0.39, 0.29) is 0 Å². The Morgan fingerprint density at radius 2 is 0.875 bits per heavy atom. The van der Waals surface area contributed by atoms with Crippen molar-refractivity contribution in [2.75, 3.05) is 19.6 Å². The minimum Gasteiger partial charge on any atom is -0.304 e. The smallest absolute Gasteiger partial charge is 0.00159 e. The van der Waals surface area contributed by atoms with Gasteiger partial charge in [0, 0.05) is 0 Å². The fourth-order valence-electron chi connectivity index (χ4n) is 3.87. The first kappa shape index (κ1) is 30.7. The summed E-state index contributed by atoms with van der Waals surface area (Å²) >= 11 is 0. The van der Waals surface area contributed by atoms with Crippen LogP contribution >= 0.6 is 0 Å². The first-order valence-electron chi connectivity index (χ1n) is 13.3. The third kappa shape index (κ3) is 19.4. The lowest BCUT2D eigenvalue weighted by atomic mass is 10.0. The molecule has 0 unspecified atom stereocenters. The standard InChI is InChI=1S/C31H55N/c1-9-32(10-2)26-16-25-31(8)24-15-22-29(6)19-12-11-18-28(5)21-14-23-30(7)20-13-17-27(3)4/h17-19,23-24H,9-16,20-22,25-26H2,1-8H3/b28-18?,29-19+,30-23+,31-24?. The molecule has 0 spiro atoms. The van der Waals surface area contributed by atoms with Crippen LogP contribution in [0.3, 0.4) is 0 Å². The maximum Gasteiger partial charge on any atom is -0.00159 e. The van der Waals surface area contributed by atoms with Crippen LogP contribution in [0, 0.1) is 0 Å². The van der Waals surface area contributed by atoms with Gasteiger partial charge in [0.25, 0.3) is 0 Å². The van der Waals surface area contributed by atoms with Crippen LogP contribution in [0.5, 0.6) is 0 Å². The molecule has 0 aromatic heterocycles. The molecule has 0 aliphatic rings. The number of rotatable bonds is 18. The highest BCUT2D eigenvalue weighted by Crippen LogP contribution is 2.14. The van der Waals surface area contributed by atoms with Crippen molar-refractivity contribution >= 4 is 0 Å². The molecule has 0 aliphatic heterocycles. The quantitative estimate of drug-likeness (QED) is 0.151. The molecule has 0 amide bonds. The predicted molar refractivity (Wildman–Crippen MR) is 148 cm³/mol. The lowest BCUT2D eigenvalue weighted by Gasteiger charge is -2.17. The zero-order valence-electron chi connectivity index (χ0n) is 23.0. The highest BCUT2D eigenvalue weighted by Gasteiger charge is 1.99. The Hall–Kier alpha value is -1.34. The summed E-state index contributed by atoms with van der Waals surface area (Å²) in [7, 11) is 0. The van der Waals surface area contributed by atoms with Crippen molar-refractivity contribution in [1.82, 2.24) is 4.90 Å². The van der Waals surface area contributed by atoms with Gasteiger partial charge in [-0.2, -0.15) is 0 Å². The molecular weight excluding hydrogens is 386 g/mol. The molecule has 0 N–H and O–H groups in total. The summed E-state index contributed by atoms with van der Waals surface area (Å²) in [5, 5.41) is 0. The number of nitrogens with zero attached hydrogens (tertiary/aromatic N) is 1. The van der Waals surface area contributed by atoms with E-state index in [4.69, 9.17) is 0 Å². The Kier molecular flexibility index (Phi) is 19.4. The van der Waals surface area contributed by atoms with E-state index in [1.165, 1.54) is 106 Å². The van der Waals surface area contributed by atoms with Crippen LogP contribution in [0.1, 0.15) is 120 Å². The van der Waals surface area contributed by atoms with Crippen LogP contribution in [0.4, 0.5) is 0 Å². The zero-order chi connectivity index (χ0) is 24.2. The fraction of sp³-hybridized carbons (Fsp3) is 0.677. The average Bonchev–Trinajstić information content (AvgIpc) is 2.74. The Labute approximate surface area is 202 Å². The third-order valence-corrected chi connectivity index (χ3v) is 6.25. The molecule has 0 aromatic rings. The van der Waals surface area contributed by atoms with Gasteiger partial charge in [0.1, 0.15) is 0 Å². The lowest BCUT2D eigenvalue weighted by Crippen LogP contribution is -2.23. The summed E-state index contributed by atoms with van der Waals surface area (Å²) in [6, 6.07) is 0. The van der Waals surface area contributed by atoms with E-state index in [2.05, 4.69) is 90.7 Å². The predicted octanol–water partition coefficient (Wildman–Crippen LogP) is 9.98. The molecule has 0 bridgehead atoms. The molecule has 0 heterocycles. The Balaban J connectivity index is 4.04. The minimum absolute atomic E-state index is 1.17. The summed E-state index contributed by atoms with van der Waals surface area (Å²) in [4.78, 5) is 2.52. The van der Waals surface area contributed by atoms with E-state index in [9.17, 15) is 0 Å². The van der Waals surface area contributed by atoms with Gasteiger partial charge in [0.15, 0.2) is 0 Å². The van der Waals surface area contributed by atoms with Gasteiger partial charge in [-0.25, -0.2) is 0 Å². The Bertz CT molecular complexity index is 619. The number of hydrogen-bond acceptors (Lipinski definition) is 1. The summed E-state index contributed by atoms with van der Waals surface area (Å²) in [6.07, 6.45) is 24.1. The summed E-state index contributed by atoms with van der Waals surface area (Å²) in [6.45, 7) is 21.6. The van der Waals surface area contributed by atoms with Crippen molar-refractivity contribution in [3.63, 3.8) is 0 Å². The topological polar surface area (TPSA) is 3.24 Å². The molecule has 0 aromatic carbocycles. The molecule has 0 saturated heterocycles. The van der Waals surface area contributed by atoms with Gasteiger partial charge in [0.2, 0.25) is 0 Å². The Morgan fingerprint density at radius 1 is 0.500 bits per heavy atom. The van der Waals surface area contributed by atoms with Crippen LogP contribution in [0.15, 0.2) is 58.2 Å². The van der Waals surface area contributed by atoms with Crippen molar-refractivity contribution in [2.24, 2.45) is 0 Å². The maximum absolute atomic E-state index is 2.52. The van der Waals surface area contributed by atoms with Gasteiger partial charge in [0.05, 0.1) is 0 Å². The molecule has 0 fully saturated rings. The van der Waals surface area contributed by atoms with Crippen LogP contribution < -0.4 is 0 Å². The van der Waals surface area contributed by atoms with Crippen LogP contribution in [-0.2, 0) is 0 Å². The van der Waals surface area contributed by atoms with Crippen LogP contribution in [0.2, 0.25) is 0 Å². The Morgan fingerprint density at radius 3 is 1.28 bits per heavy atom. The van der Waals surface area contributed by atoms with Gasteiger partial charge in [-0.1, -0.05) is 72.1 Å². The number of hydrogen-bond donors (Lipinski definition) is 0. The first-order chi connectivity index (χ1) is 15.3. The monoisotopic (exact) mass is 441 g/mol. The van der Waals surface area contributed by atoms with Gasteiger partial charge in [-0.05, 0) is 125 Å². The highest BCUT2D eigenvalue weighted by molar-refractivity contribution is 5.07. The summed E-state index contributed by atoms with van der Waals surface area (Å²) in [5.74, 6) is 0. The number of unbranched alkanes of at least 4 members (excludes halogenated alkanes) is 1. The second kappa shape index (κ2) is 20.3. The molecule has 1 heteroatoms. The second-order valence-electron chi connectivity index (χ2n) is 9.81. The van der Waals surface area contributed by atoms with Crippen molar-refractivity contribution in [3.8, 4) is 0 Å². The average molecular weight is 442 g/mol. The molecule has 0 radical (unpaired) electrons. The molecule has 32 heavy (non-hydrogen) atoms. The largest absolute Gasteiger partial charge is 0.304 e. The van der Waals surface area contributed by atoms with Crippen molar-refractivity contribution < 1.29 is 0 Å². The molecule has 1 nitrogen and oxygen atoms in total. The van der Waals surface area contributed by atoms with E-state index < -0.39 is 0 Å². The molecule has 0 rings (SSSR count). The lowest BCUT2D eigenvalue weighted by molar-refractivity contribution is 0.300. The molecule has 0 atom stereocenters. The van der Waals surface area contributed by atoms with Gasteiger partial charge < -0.3 is 4.90 Å². The van der Waals surface area contributed by atoms with Gasteiger partial charge in [-0.3, -0.25) is 0 Å². The van der Waals surface area contributed by atoms with Crippen LogP contribution in [0.25, 0.3) is 0 Å². The molecule has 184 valence electrons. The maximum atomic E-state index is 2.52. The van der Waals surface area contributed by atoms with Crippen molar-refractivity contribution in [3.05, 3.63) is 58.2 Å². The van der Waals surface area contributed by atoms with Crippen molar-refractivity contribution in [2.45, 2.75) is 120 Å². The second-order valence-corrected chi connectivity index (χ2v) is 9.81. The van der Waals surface area contributed by atoms with Crippen LogP contribution in [-0.4, -0.2) is 24.5 Å². The van der Waals surface area contributed by atoms with E-state index in [1.807, 2.05) is 0 Å². The minimum atomic E-state index is 1.17. The highest BCUT2D eigenvalue weighted by atomic mass is 15.1.